The molecule has 3 heterocycles. The molecule has 0 radical (unpaired) electrons. The van der Waals surface area contributed by atoms with E-state index in [9.17, 15) is 38.4 Å². The molecule has 0 aliphatic carbocycles. The van der Waals surface area contributed by atoms with Crippen LogP contribution in [0.25, 0.3) is 0 Å². The normalized spacial score (nSPS) is 24.2. The maximum atomic E-state index is 13.6. The molecule has 3 saturated heterocycles. The Balaban J connectivity index is 1.47. The molecule has 3 aliphatic heterocycles. The van der Waals surface area contributed by atoms with Crippen molar-refractivity contribution in [3.05, 3.63) is 0 Å². The molecule has 0 aromatic heterocycles. The summed E-state index contributed by atoms with van der Waals surface area (Å²) in [5, 5.41) is 10.1. The third-order valence-corrected chi connectivity index (χ3v) is 10.1. The summed E-state index contributed by atoms with van der Waals surface area (Å²) in [7, 11) is 1.45. The second-order valence-electron chi connectivity index (χ2n) is 14.1. The molecule has 49 heavy (non-hydrogen) atoms. The van der Waals surface area contributed by atoms with E-state index in [2.05, 4.69) is 21.3 Å². The summed E-state index contributed by atoms with van der Waals surface area (Å²) in [6.07, 6.45) is 1.64. The number of esters is 1. The lowest BCUT2D eigenvalue weighted by Gasteiger charge is -2.36. The van der Waals surface area contributed by atoms with Gasteiger partial charge in [0.15, 0.2) is 0 Å². The predicted molar refractivity (Wildman–Crippen MR) is 180 cm³/mol. The van der Waals surface area contributed by atoms with Gasteiger partial charge in [-0.05, 0) is 67.7 Å². The maximum absolute atomic E-state index is 13.6. The van der Waals surface area contributed by atoms with E-state index in [1.165, 1.54) is 46.6 Å². The zero-order chi connectivity index (χ0) is 37.0. The fourth-order valence-electron chi connectivity index (χ4n) is 6.04. The molecule has 3 rings (SSSR count). The number of nitrogens with zero attached hydrogens (tertiary/aromatic N) is 3. The third-order valence-electron chi connectivity index (χ3n) is 8.67. The standard InChI is InChI=1S/C32H51N7O9S/c1-16(26(42)34-17(2)27(43)35-18(3)28(44)36-19(4)31(47)48-32(6,7)8)33-25(41)14-37(9)29(45)23-11-10-21-15-49-22-12-24(30(46)39(21)23)38(13-22)20(5)40/h16-19,21-24H,10-15H2,1-9H3,(H,33,41)(H,34,42)(H,35,43)(H,36,44)/t16-,17-,18-,19-,21-,22-,23-,24-/m0/s1. The molecule has 4 N–H and O–H groups in total. The predicted octanol–water partition coefficient (Wildman–Crippen LogP) is -1.10. The molecule has 0 aromatic carbocycles. The van der Waals surface area contributed by atoms with Crippen molar-refractivity contribution in [1.82, 2.24) is 36.0 Å². The van der Waals surface area contributed by atoms with Crippen LogP contribution in [0.2, 0.25) is 0 Å². The first-order valence-corrected chi connectivity index (χ1v) is 17.6. The van der Waals surface area contributed by atoms with Gasteiger partial charge < -0.3 is 40.7 Å². The van der Waals surface area contributed by atoms with Crippen molar-refractivity contribution in [2.45, 2.75) is 128 Å². The number of ether oxygens (including phenoxy) is 1. The molecule has 0 saturated carbocycles. The first-order valence-electron chi connectivity index (χ1n) is 16.6. The van der Waals surface area contributed by atoms with Crippen LogP contribution in [0.15, 0.2) is 0 Å². The number of hydrogen-bond donors (Lipinski definition) is 4. The molecule has 3 fully saturated rings. The Morgan fingerprint density at radius 2 is 1.41 bits per heavy atom. The summed E-state index contributed by atoms with van der Waals surface area (Å²) >= 11 is 1.72. The molecule has 0 aromatic rings. The highest BCUT2D eigenvalue weighted by Crippen LogP contribution is 2.38. The lowest BCUT2D eigenvalue weighted by Crippen LogP contribution is -2.57. The third kappa shape index (κ3) is 10.3. The number of likely N-dealkylation sites (tertiary alicyclic amines) is 1. The number of fused-ring (bicyclic) bond motifs is 3. The molecule has 17 heteroatoms. The van der Waals surface area contributed by atoms with Gasteiger partial charge in [0.1, 0.15) is 41.9 Å². The number of likely N-dealkylation sites (N-methyl/N-ethyl adjacent to an activating group) is 1. The van der Waals surface area contributed by atoms with Gasteiger partial charge in [-0.3, -0.25) is 33.6 Å². The van der Waals surface area contributed by atoms with Crippen LogP contribution in [0.4, 0.5) is 0 Å². The van der Waals surface area contributed by atoms with Gasteiger partial charge in [-0.15, -0.1) is 0 Å². The Bertz CT molecular complexity index is 1340. The number of nitrogens with one attached hydrogen (secondary N) is 4. The minimum Gasteiger partial charge on any atom is -0.458 e. The Morgan fingerprint density at radius 1 is 0.878 bits per heavy atom. The highest BCUT2D eigenvalue weighted by atomic mass is 32.2. The Kier molecular flexibility index (Phi) is 13.1. The molecular formula is C32H51N7O9S. The number of thioether (sulfide) groups is 1. The van der Waals surface area contributed by atoms with E-state index < -0.39 is 77.4 Å². The lowest BCUT2D eigenvalue weighted by atomic mass is 10.1. The van der Waals surface area contributed by atoms with Crippen molar-refractivity contribution in [2.75, 3.05) is 25.9 Å². The fourth-order valence-corrected chi connectivity index (χ4v) is 7.44. The largest absolute Gasteiger partial charge is 0.458 e. The average molecular weight is 710 g/mol. The highest BCUT2D eigenvalue weighted by Gasteiger charge is 2.50. The van der Waals surface area contributed by atoms with Gasteiger partial charge in [0.2, 0.25) is 41.4 Å². The van der Waals surface area contributed by atoms with E-state index in [0.717, 1.165) is 0 Å². The minimum atomic E-state index is -1.08. The average Bonchev–Trinajstić information content (AvgIpc) is 3.62. The number of carbonyl (C=O) groups is 8. The molecule has 16 nitrogen and oxygen atoms in total. The van der Waals surface area contributed by atoms with Crippen molar-refractivity contribution in [2.24, 2.45) is 0 Å². The first-order chi connectivity index (χ1) is 22.7. The fraction of sp³-hybridized carbons (Fsp3) is 0.750. The number of amides is 7. The Hall–Kier alpha value is -3.89. The second-order valence-corrected chi connectivity index (χ2v) is 15.4. The molecule has 0 unspecified atom stereocenters. The van der Waals surface area contributed by atoms with Crippen molar-refractivity contribution in [3.8, 4) is 0 Å². The van der Waals surface area contributed by atoms with Crippen molar-refractivity contribution in [1.29, 1.82) is 0 Å². The number of hydrogen-bond acceptors (Lipinski definition) is 10. The molecular weight excluding hydrogens is 658 g/mol. The van der Waals surface area contributed by atoms with Gasteiger partial charge >= 0.3 is 5.97 Å². The molecule has 2 bridgehead atoms. The molecule has 274 valence electrons. The zero-order valence-corrected chi connectivity index (χ0v) is 30.6. The van der Waals surface area contributed by atoms with Crippen molar-refractivity contribution < 1.29 is 43.1 Å². The smallest absolute Gasteiger partial charge is 0.328 e. The maximum Gasteiger partial charge on any atom is 0.328 e. The summed E-state index contributed by atoms with van der Waals surface area (Å²) < 4.78 is 5.23. The number of carbonyl (C=O) groups excluding carboxylic acids is 8. The topological polar surface area (TPSA) is 204 Å². The van der Waals surface area contributed by atoms with Crippen LogP contribution in [-0.4, -0.2) is 141 Å². The van der Waals surface area contributed by atoms with Crippen LogP contribution in [0.5, 0.6) is 0 Å². The van der Waals surface area contributed by atoms with Crippen LogP contribution >= 0.6 is 11.8 Å². The van der Waals surface area contributed by atoms with Crippen LogP contribution in [0.1, 0.15) is 74.7 Å². The highest BCUT2D eigenvalue weighted by molar-refractivity contribution is 8.00. The summed E-state index contributed by atoms with van der Waals surface area (Å²) in [4.78, 5) is 107. The molecule has 3 aliphatic rings. The van der Waals surface area contributed by atoms with E-state index >= 15 is 0 Å². The SMILES string of the molecule is CC(=O)N1C[C@@H]2C[C@H]1C(=O)N1[C@@H](CC[C@H]1C(=O)N(C)CC(=O)N[C@@H](C)C(=O)N[C@@H](C)C(=O)N[C@@H](C)C(=O)N[C@@H](C)C(=O)OC(C)(C)C)CS2. The van der Waals surface area contributed by atoms with Gasteiger partial charge in [0.25, 0.3) is 0 Å². The van der Waals surface area contributed by atoms with Crippen LogP contribution in [-0.2, 0) is 43.1 Å². The van der Waals surface area contributed by atoms with E-state index in [1.54, 1.807) is 42.3 Å². The lowest BCUT2D eigenvalue weighted by molar-refractivity contribution is -0.158. The Morgan fingerprint density at radius 3 is 1.94 bits per heavy atom. The quantitative estimate of drug-likeness (QED) is 0.191. The van der Waals surface area contributed by atoms with Crippen LogP contribution in [0, 0.1) is 0 Å². The molecule has 7 amide bonds. The summed E-state index contributed by atoms with van der Waals surface area (Å²) in [5.74, 6) is -3.35. The Labute approximate surface area is 291 Å². The number of rotatable bonds is 11. The molecule has 8 atom stereocenters. The van der Waals surface area contributed by atoms with Gasteiger partial charge in [0.05, 0.1) is 6.54 Å². The molecule has 0 spiro atoms. The summed E-state index contributed by atoms with van der Waals surface area (Å²) in [6.45, 7) is 12.4. The van der Waals surface area contributed by atoms with Crippen molar-refractivity contribution in [3.63, 3.8) is 0 Å². The van der Waals surface area contributed by atoms with E-state index in [0.29, 0.717) is 31.6 Å². The van der Waals surface area contributed by atoms with E-state index in [1.807, 2.05) is 0 Å². The monoisotopic (exact) mass is 709 g/mol. The van der Waals surface area contributed by atoms with Gasteiger partial charge in [-0.1, -0.05) is 0 Å². The van der Waals surface area contributed by atoms with Gasteiger partial charge in [-0.2, -0.15) is 11.8 Å². The van der Waals surface area contributed by atoms with Gasteiger partial charge in [-0.25, -0.2) is 4.79 Å². The van der Waals surface area contributed by atoms with E-state index in [4.69, 9.17) is 4.74 Å². The van der Waals surface area contributed by atoms with E-state index in [-0.39, 0.29) is 29.7 Å². The minimum absolute atomic E-state index is 0.132. The van der Waals surface area contributed by atoms with Gasteiger partial charge in [0, 0.05) is 37.6 Å². The summed E-state index contributed by atoms with van der Waals surface area (Å²) in [6, 6.07) is -5.62. The van der Waals surface area contributed by atoms with Crippen LogP contribution < -0.4 is 21.3 Å². The second kappa shape index (κ2) is 16.2. The van der Waals surface area contributed by atoms with Crippen molar-refractivity contribution >= 4 is 59.1 Å². The van der Waals surface area contributed by atoms with Crippen LogP contribution in [0.3, 0.4) is 0 Å². The zero-order valence-electron chi connectivity index (χ0n) is 29.8. The summed E-state index contributed by atoms with van der Waals surface area (Å²) in [5.41, 5.74) is -0.734. The first kappa shape index (κ1) is 39.5.